The lowest BCUT2D eigenvalue weighted by molar-refractivity contribution is 0.599. The first-order valence-corrected chi connectivity index (χ1v) is 7.58. The first-order chi connectivity index (χ1) is 8.88. The molecule has 19 heavy (non-hydrogen) atoms. The van der Waals surface area contributed by atoms with Crippen LogP contribution in [0.25, 0.3) is 0 Å². The van der Waals surface area contributed by atoms with Crippen molar-refractivity contribution in [2.24, 2.45) is 5.73 Å². The molecule has 6 heteroatoms. The van der Waals surface area contributed by atoms with Gasteiger partial charge in [-0.05, 0) is 51.8 Å². The highest BCUT2D eigenvalue weighted by Gasteiger charge is 2.16. The summed E-state index contributed by atoms with van der Waals surface area (Å²) in [5.41, 5.74) is 7.11. The Hall–Kier alpha value is -0.130. The Morgan fingerprint density at radius 2 is 1.74 bits per heavy atom. The van der Waals surface area contributed by atoms with Gasteiger partial charge in [-0.3, -0.25) is 0 Å². The van der Waals surface area contributed by atoms with Gasteiger partial charge in [0, 0.05) is 19.5 Å². The number of hydrogen-bond acceptors (Lipinski definition) is 1. The SMILES string of the molecule is NC(c1cc(Cl)cc(Br)c1)c1cc(Cl)c(Br)cc1F. The molecule has 2 rings (SSSR count). The van der Waals surface area contributed by atoms with Crippen molar-refractivity contribution in [3.63, 3.8) is 0 Å². The van der Waals surface area contributed by atoms with Crippen LogP contribution < -0.4 is 5.73 Å². The van der Waals surface area contributed by atoms with E-state index < -0.39 is 11.9 Å². The molecule has 100 valence electrons. The van der Waals surface area contributed by atoms with Gasteiger partial charge < -0.3 is 5.73 Å². The zero-order valence-corrected chi connectivity index (χ0v) is 14.1. The Labute approximate surface area is 137 Å². The second kappa shape index (κ2) is 6.10. The molecular weight excluding hydrogens is 420 g/mol. The van der Waals surface area contributed by atoms with Crippen molar-refractivity contribution in [2.75, 3.05) is 0 Å². The molecule has 2 aromatic rings. The molecule has 0 aliphatic heterocycles. The number of nitrogens with two attached hydrogens (primary N) is 1. The van der Waals surface area contributed by atoms with E-state index in [9.17, 15) is 4.39 Å². The summed E-state index contributed by atoms with van der Waals surface area (Å²) in [5.74, 6) is -0.417. The summed E-state index contributed by atoms with van der Waals surface area (Å²) in [7, 11) is 0. The molecule has 0 saturated heterocycles. The van der Waals surface area contributed by atoms with Gasteiger partial charge in [0.1, 0.15) is 5.82 Å². The predicted molar refractivity (Wildman–Crippen MR) is 84.3 cm³/mol. The van der Waals surface area contributed by atoms with Crippen molar-refractivity contribution < 1.29 is 4.39 Å². The van der Waals surface area contributed by atoms with Crippen molar-refractivity contribution in [3.8, 4) is 0 Å². The smallest absolute Gasteiger partial charge is 0.129 e. The fraction of sp³-hybridized carbons (Fsp3) is 0.0769. The third-order valence-corrected chi connectivity index (χ3v) is 4.49. The number of benzene rings is 2. The molecule has 0 heterocycles. The Morgan fingerprint density at radius 1 is 1.05 bits per heavy atom. The van der Waals surface area contributed by atoms with Crippen LogP contribution in [0.4, 0.5) is 4.39 Å². The van der Waals surface area contributed by atoms with Crippen molar-refractivity contribution >= 4 is 55.1 Å². The van der Waals surface area contributed by atoms with Crippen LogP contribution in [0.15, 0.2) is 39.3 Å². The minimum absolute atomic E-state index is 0.322. The first-order valence-electron chi connectivity index (χ1n) is 5.24. The van der Waals surface area contributed by atoms with Gasteiger partial charge in [0.15, 0.2) is 0 Å². The van der Waals surface area contributed by atoms with E-state index >= 15 is 0 Å². The summed E-state index contributed by atoms with van der Waals surface area (Å²) >= 11 is 18.4. The van der Waals surface area contributed by atoms with E-state index in [4.69, 9.17) is 28.9 Å². The van der Waals surface area contributed by atoms with Gasteiger partial charge in [-0.1, -0.05) is 39.1 Å². The second-order valence-electron chi connectivity index (χ2n) is 3.97. The molecule has 1 nitrogen and oxygen atoms in total. The minimum atomic E-state index is -0.638. The Kier molecular flexibility index (Phi) is 4.90. The van der Waals surface area contributed by atoms with Crippen LogP contribution in [0.1, 0.15) is 17.2 Å². The lowest BCUT2D eigenvalue weighted by atomic mass is 9.99. The van der Waals surface area contributed by atoms with Crippen LogP contribution in [-0.4, -0.2) is 0 Å². The molecule has 2 N–H and O–H groups in total. The molecular formula is C13H8Br2Cl2FN. The van der Waals surface area contributed by atoms with Crippen LogP contribution in [-0.2, 0) is 0 Å². The van der Waals surface area contributed by atoms with E-state index in [0.717, 1.165) is 4.47 Å². The highest BCUT2D eigenvalue weighted by Crippen LogP contribution is 2.32. The van der Waals surface area contributed by atoms with Gasteiger partial charge in [0.25, 0.3) is 0 Å². The van der Waals surface area contributed by atoms with Gasteiger partial charge in [-0.25, -0.2) is 4.39 Å². The molecule has 2 aromatic carbocycles. The summed E-state index contributed by atoms with van der Waals surface area (Å²) in [4.78, 5) is 0. The number of halogens is 5. The largest absolute Gasteiger partial charge is 0.320 e. The fourth-order valence-electron chi connectivity index (χ4n) is 1.71. The van der Waals surface area contributed by atoms with Gasteiger partial charge in [0.2, 0.25) is 0 Å². The van der Waals surface area contributed by atoms with Crippen LogP contribution in [0.5, 0.6) is 0 Å². The van der Waals surface area contributed by atoms with Crippen LogP contribution in [0.3, 0.4) is 0 Å². The first kappa shape index (κ1) is 15.3. The van der Waals surface area contributed by atoms with E-state index in [1.54, 1.807) is 18.2 Å². The summed E-state index contributed by atoms with van der Waals surface area (Å²) in [5, 5.41) is 0.941. The lowest BCUT2D eigenvalue weighted by Crippen LogP contribution is -2.14. The molecule has 0 bridgehead atoms. The third-order valence-electron chi connectivity index (χ3n) is 2.62. The Balaban J connectivity index is 2.49. The van der Waals surface area contributed by atoms with E-state index in [-0.39, 0.29) is 0 Å². The molecule has 1 atom stereocenters. The summed E-state index contributed by atoms with van der Waals surface area (Å²) in [6, 6.07) is 7.42. The van der Waals surface area contributed by atoms with Crippen molar-refractivity contribution in [2.45, 2.75) is 6.04 Å². The monoisotopic (exact) mass is 425 g/mol. The van der Waals surface area contributed by atoms with E-state index in [1.807, 2.05) is 0 Å². The quantitative estimate of drug-likeness (QED) is 0.611. The topological polar surface area (TPSA) is 26.0 Å². The van der Waals surface area contributed by atoms with Gasteiger partial charge in [0.05, 0.1) is 11.1 Å². The summed E-state index contributed by atoms with van der Waals surface area (Å²) in [6.45, 7) is 0. The highest BCUT2D eigenvalue weighted by atomic mass is 79.9. The Bertz CT molecular complexity index is 614. The maximum Gasteiger partial charge on any atom is 0.129 e. The maximum atomic E-state index is 14.0. The zero-order chi connectivity index (χ0) is 14.2. The zero-order valence-electron chi connectivity index (χ0n) is 9.43. The van der Waals surface area contributed by atoms with E-state index in [2.05, 4.69) is 31.9 Å². The molecule has 1 unspecified atom stereocenters. The van der Waals surface area contributed by atoms with E-state index in [1.165, 1.54) is 12.1 Å². The molecule has 0 amide bonds. The van der Waals surface area contributed by atoms with Crippen LogP contribution >= 0.6 is 55.1 Å². The lowest BCUT2D eigenvalue weighted by Gasteiger charge is -2.15. The highest BCUT2D eigenvalue weighted by molar-refractivity contribution is 9.10. The summed E-state index contributed by atoms with van der Waals surface area (Å²) in [6.07, 6.45) is 0. The normalized spacial score (nSPS) is 12.5. The summed E-state index contributed by atoms with van der Waals surface area (Å²) < 4.78 is 15.2. The average molecular weight is 428 g/mol. The van der Waals surface area contributed by atoms with Crippen LogP contribution in [0, 0.1) is 5.82 Å². The van der Waals surface area contributed by atoms with Gasteiger partial charge >= 0.3 is 0 Å². The Morgan fingerprint density at radius 3 is 2.37 bits per heavy atom. The molecule has 0 spiro atoms. The molecule has 0 aliphatic carbocycles. The van der Waals surface area contributed by atoms with Gasteiger partial charge in [-0.2, -0.15) is 0 Å². The molecule has 0 aromatic heterocycles. The molecule has 0 aliphatic rings. The second-order valence-corrected chi connectivity index (χ2v) is 6.58. The number of hydrogen-bond donors (Lipinski definition) is 1. The standard InChI is InChI=1S/C13H8Br2Cl2FN/c14-7-1-6(2-8(16)3-7)13(19)9-4-11(17)10(15)5-12(9)18/h1-5,13H,19H2. The molecule has 0 saturated carbocycles. The average Bonchev–Trinajstić information content (AvgIpc) is 2.31. The van der Waals surface area contributed by atoms with Crippen LogP contribution in [0.2, 0.25) is 10.0 Å². The maximum absolute atomic E-state index is 14.0. The van der Waals surface area contributed by atoms with Crippen molar-refractivity contribution in [3.05, 3.63) is 66.3 Å². The number of rotatable bonds is 2. The fourth-order valence-corrected chi connectivity index (χ4v) is 3.08. The molecule has 0 fully saturated rings. The van der Waals surface area contributed by atoms with Crippen molar-refractivity contribution in [1.29, 1.82) is 0 Å². The molecule has 0 radical (unpaired) electrons. The predicted octanol–water partition coefficient (Wildman–Crippen LogP) is 5.71. The third kappa shape index (κ3) is 3.50. The van der Waals surface area contributed by atoms with Gasteiger partial charge in [-0.15, -0.1) is 0 Å². The van der Waals surface area contributed by atoms with Crippen molar-refractivity contribution in [1.82, 2.24) is 0 Å². The minimum Gasteiger partial charge on any atom is -0.320 e. The van der Waals surface area contributed by atoms with E-state index in [0.29, 0.717) is 25.6 Å².